The van der Waals surface area contributed by atoms with Crippen molar-refractivity contribution >= 4 is 23.4 Å². The van der Waals surface area contributed by atoms with Gasteiger partial charge in [0.1, 0.15) is 18.0 Å². The van der Waals surface area contributed by atoms with Gasteiger partial charge in [-0.3, -0.25) is 0 Å². The number of aromatic nitrogens is 2. The van der Waals surface area contributed by atoms with Crippen molar-refractivity contribution in [2.45, 2.75) is 44.8 Å². The van der Waals surface area contributed by atoms with E-state index in [0.717, 1.165) is 43.3 Å². The van der Waals surface area contributed by atoms with Crippen molar-refractivity contribution in [2.24, 2.45) is 0 Å². The molecule has 1 fully saturated rings. The molecule has 1 aromatic heterocycles. The molecular weight excluding hydrogens is 268 g/mol. The smallest absolute Gasteiger partial charge is 0.137 e. The van der Waals surface area contributed by atoms with Crippen molar-refractivity contribution in [1.29, 1.82) is 0 Å². The lowest BCUT2D eigenvalue weighted by Crippen LogP contribution is -2.29. The molecule has 0 amide bonds. The molecule has 4 nitrogen and oxygen atoms in total. The van der Waals surface area contributed by atoms with Crippen LogP contribution >= 0.6 is 11.8 Å². The molecule has 1 saturated heterocycles. The Labute approximate surface area is 126 Å². The first-order valence-corrected chi connectivity index (χ1v) is 8.46. The van der Waals surface area contributed by atoms with Gasteiger partial charge in [-0.2, -0.15) is 11.8 Å². The minimum absolute atomic E-state index is 0.374. The summed E-state index contributed by atoms with van der Waals surface area (Å²) < 4.78 is 0.374. The van der Waals surface area contributed by atoms with Crippen LogP contribution in [-0.4, -0.2) is 40.6 Å². The van der Waals surface area contributed by atoms with Crippen LogP contribution in [0, 0.1) is 0 Å². The Balaban J connectivity index is 2.27. The zero-order valence-corrected chi connectivity index (χ0v) is 13.9. The number of anilines is 2. The molecule has 1 aliphatic heterocycles. The fourth-order valence-corrected chi connectivity index (χ4v) is 3.70. The van der Waals surface area contributed by atoms with Crippen LogP contribution in [0.1, 0.15) is 39.2 Å². The fourth-order valence-electron chi connectivity index (χ4n) is 2.60. The highest BCUT2D eigenvalue weighted by atomic mass is 32.2. The van der Waals surface area contributed by atoms with Crippen LogP contribution in [0.3, 0.4) is 0 Å². The third-order valence-electron chi connectivity index (χ3n) is 3.80. The number of nitrogens with zero attached hydrogens (tertiary/aromatic N) is 3. The molecule has 1 N–H and O–H groups in total. The summed E-state index contributed by atoms with van der Waals surface area (Å²) >= 11 is 2.07. The predicted octanol–water partition coefficient (Wildman–Crippen LogP) is 3.19. The van der Waals surface area contributed by atoms with Gasteiger partial charge in [0.2, 0.25) is 0 Å². The van der Waals surface area contributed by atoms with Crippen LogP contribution in [0.2, 0.25) is 0 Å². The lowest BCUT2D eigenvalue weighted by molar-refractivity contribution is 0.633. The van der Waals surface area contributed by atoms with Crippen LogP contribution in [0.4, 0.5) is 11.6 Å². The first kappa shape index (κ1) is 15.4. The summed E-state index contributed by atoms with van der Waals surface area (Å²) in [5.41, 5.74) is 1.27. The Bertz CT molecular complexity index is 447. The molecule has 0 aliphatic carbocycles. The van der Waals surface area contributed by atoms with E-state index in [1.165, 1.54) is 12.0 Å². The highest BCUT2D eigenvalue weighted by molar-refractivity contribution is 8.00. The zero-order chi connectivity index (χ0) is 14.6. The summed E-state index contributed by atoms with van der Waals surface area (Å²) in [6.45, 7) is 9.04. The molecule has 20 heavy (non-hydrogen) atoms. The fraction of sp³-hybridized carbons (Fsp3) is 0.733. The largest absolute Gasteiger partial charge is 0.373 e. The second kappa shape index (κ2) is 6.66. The van der Waals surface area contributed by atoms with Crippen molar-refractivity contribution in [1.82, 2.24) is 9.97 Å². The summed E-state index contributed by atoms with van der Waals surface area (Å²) in [4.78, 5) is 11.4. The standard InChI is InChI=1S/C15H26N4S/c1-5-6-12-13(16-4)17-11-18-14(12)19-8-7-15(2,3)20-10-9-19/h11H,5-10H2,1-4H3,(H,16,17,18). The first-order chi connectivity index (χ1) is 9.57. The Morgan fingerprint density at radius 1 is 1.35 bits per heavy atom. The topological polar surface area (TPSA) is 41.1 Å². The average Bonchev–Trinajstić information content (AvgIpc) is 2.60. The number of hydrogen-bond donors (Lipinski definition) is 1. The molecule has 112 valence electrons. The molecule has 0 saturated carbocycles. The van der Waals surface area contributed by atoms with E-state index in [0.29, 0.717) is 4.75 Å². The van der Waals surface area contributed by atoms with E-state index in [2.05, 4.69) is 52.7 Å². The number of hydrogen-bond acceptors (Lipinski definition) is 5. The Morgan fingerprint density at radius 2 is 2.15 bits per heavy atom. The lowest BCUT2D eigenvalue weighted by atomic mass is 10.1. The predicted molar refractivity (Wildman–Crippen MR) is 88.9 cm³/mol. The first-order valence-electron chi connectivity index (χ1n) is 7.48. The Hall–Kier alpha value is -0.970. The van der Waals surface area contributed by atoms with E-state index >= 15 is 0 Å². The summed E-state index contributed by atoms with van der Waals surface area (Å²) in [6.07, 6.45) is 5.02. The Kier molecular flexibility index (Phi) is 5.13. The molecule has 0 bridgehead atoms. The van der Waals surface area contributed by atoms with Crippen molar-refractivity contribution in [3.05, 3.63) is 11.9 Å². The summed E-state index contributed by atoms with van der Waals surface area (Å²) in [6, 6.07) is 0. The van der Waals surface area contributed by atoms with Gasteiger partial charge in [-0.15, -0.1) is 0 Å². The highest BCUT2D eigenvalue weighted by Gasteiger charge is 2.25. The summed E-state index contributed by atoms with van der Waals surface area (Å²) in [7, 11) is 1.94. The van der Waals surface area contributed by atoms with Gasteiger partial charge in [0, 0.05) is 36.2 Å². The number of rotatable bonds is 4. The quantitative estimate of drug-likeness (QED) is 0.923. The van der Waals surface area contributed by atoms with E-state index in [1.54, 1.807) is 6.33 Å². The summed E-state index contributed by atoms with van der Waals surface area (Å²) in [5, 5.41) is 3.21. The molecule has 0 radical (unpaired) electrons. The third-order valence-corrected chi connectivity index (χ3v) is 5.17. The van der Waals surface area contributed by atoms with Crippen LogP contribution < -0.4 is 10.2 Å². The minimum Gasteiger partial charge on any atom is -0.373 e. The molecule has 0 unspecified atom stereocenters. The van der Waals surface area contributed by atoms with Crippen LogP contribution in [0.15, 0.2) is 6.33 Å². The van der Waals surface area contributed by atoms with Gasteiger partial charge in [-0.05, 0) is 12.8 Å². The van der Waals surface area contributed by atoms with E-state index in [-0.39, 0.29) is 0 Å². The van der Waals surface area contributed by atoms with Gasteiger partial charge >= 0.3 is 0 Å². The lowest BCUT2D eigenvalue weighted by Gasteiger charge is -2.25. The van der Waals surface area contributed by atoms with Gasteiger partial charge in [0.05, 0.1) is 0 Å². The maximum Gasteiger partial charge on any atom is 0.137 e. The van der Waals surface area contributed by atoms with Gasteiger partial charge in [0.15, 0.2) is 0 Å². The van der Waals surface area contributed by atoms with E-state index in [4.69, 9.17) is 0 Å². The monoisotopic (exact) mass is 294 g/mol. The van der Waals surface area contributed by atoms with Gasteiger partial charge < -0.3 is 10.2 Å². The van der Waals surface area contributed by atoms with E-state index < -0.39 is 0 Å². The minimum atomic E-state index is 0.374. The molecule has 2 rings (SSSR count). The molecule has 0 spiro atoms. The van der Waals surface area contributed by atoms with Crippen molar-refractivity contribution in [3.8, 4) is 0 Å². The van der Waals surface area contributed by atoms with E-state index in [9.17, 15) is 0 Å². The molecule has 1 aliphatic rings. The van der Waals surface area contributed by atoms with Gasteiger partial charge in [-0.25, -0.2) is 9.97 Å². The average molecular weight is 294 g/mol. The van der Waals surface area contributed by atoms with Crippen LogP contribution in [0.5, 0.6) is 0 Å². The molecule has 2 heterocycles. The molecule has 0 atom stereocenters. The van der Waals surface area contributed by atoms with Crippen LogP contribution in [0.25, 0.3) is 0 Å². The van der Waals surface area contributed by atoms with Crippen molar-refractivity contribution in [3.63, 3.8) is 0 Å². The van der Waals surface area contributed by atoms with Gasteiger partial charge in [0.25, 0.3) is 0 Å². The van der Waals surface area contributed by atoms with Crippen molar-refractivity contribution < 1.29 is 0 Å². The van der Waals surface area contributed by atoms with E-state index in [1.807, 2.05) is 7.05 Å². The second-order valence-electron chi connectivity index (χ2n) is 5.87. The molecular formula is C15H26N4S. The Morgan fingerprint density at radius 3 is 2.85 bits per heavy atom. The normalized spacial score (nSPS) is 18.7. The van der Waals surface area contributed by atoms with Gasteiger partial charge in [-0.1, -0.05) is 27.2 Å². The molecule has 0 aromatic carbocycles. The molecule has 1 aromatic rings. The van der Waals surface area contributed by atoms with Crippen LogP contribution in [-0.2, 0) is 6.42 Å². The number of thioether (sulfide) groups is 1. The third kappa shape index (κ3) is 3.57. The summed E-state index contributed by atoms with van der Waals surface area (Å²) in [5.74, 6) is 3.27. The second-order valence-corrected chi connectivity index (χ2v) is 7.67. The molecule has 5 heteroatoms. The highest BCUT2D eigenvalue weighted by Crippen LogP contribution is 2.33. The zero-order valence-electron chi connectivity index (χ0n) is 13.1. The maximum atomic E-state index is 4.58. The number of nitrogens with one attached hydrogen (secondary N) is 1. The maximum absolute atomic E-state index is 4.58. The van der Waals surface area contributed by atoms with Crippen molar-refractivity contribution in [2.75, 3.05) is 36.1 Å². The SMILES string of the molecule is CCCc1c(NC)ncnc1N1CCSC(C)(C)CC1.